The highest BCUT2D eigenvalue weighted by Crippen LogP contribution is 2.22. The molecular formula is C11H12O5. The molecule has 86 valence electrons. The Labute approximate surface area is 92.6 Å². The van der Waals surface area contributed by atoms with E-state index in [4.69, 9.17) is 9.84 Å². The average Bonchev–Trinajstić information content (AvgIpc) is 2.28. The van der Waals surface area contributed by atoms with Crippen LogP contribution in [0.1, 0.15) is 26.3 Å². The van der Waals surface area contributed by atoms with E-state index < -0.39 is 11.9 Å². The number of benzene rings is 1. The van der Waals surface area contributed by atoms with Crippen LogP contribution < -0.4 is 4.74 Å². The maximum atomic E-state index is 11.4. The Morgan fingerprint density at radius 2 is 1.75 bits per heavy atom. The van der Waals surface area contributed by atoms with E-state index >= 15 is 0 Å². The molecule has 0 spiro atoms. The van der Waals surface area contributed by atoms with Crippen molar-refractivity contribution in [3.8, 4) is 5.75 Å². The third-order valence-electron chi connectivity index (χ3n) is 2.25. The second kappa shape index (κ2) is 4.65. The number of aromatic carboxylic acids is 1. The minimum atomic E-state index is -1.11. The standard InChI is InChI=1S/C11H12O5/c1-6-8(10(12)13)4-7(15-2)5-9(6)11(14)16-3/h4-5H,1-3H3,(H,12,13). The first kappa shape index (κ1) is 12.0. The summed E-state index contributed by atoms with van der Waals surface area (Å²) < 4.78 is 9.49. The van der Waals surface area contributed by atoms with Crippen molar-refractivity contribution < 1.29 is 24.2 Å². The third-order valence-corrected chi connectivity index (χ3v) is 2.25. The molecule has 1 N–H and O–H groups in total. The van der Waals surface area contributed by atoms with Gasteiger partial charge in [-0.2, -0.15) is 0 Å². The summed E-state index contributed by atoms with van der Waals surface area (Å²) in [5.41, 5.74) is 0.583. The summed E-state index contributed by atoms with van der Waals surface area (Å²) in [5, 5.41) is 8.96. The molecule has 0 unspecified atom stereocenters. The summed E-state index contributed by atoms with van der Waals surface area (Å²) in [7, 11) is 2.64. The monoisotopic (exact) mass is 224 g/mol. The van der Waals surface area contributed by atoms with E-state index in [0.717, 1.165) is 0 Å². The van der Waals surface area contributed by atoms with Gasteiger partial charge in [-0.25, -0.2) is 9.59 Å². The lowest BCUT2D eigenvalue weighted by molar-refractivity contribution is 0.0599. The summed E-state index contributed by atoms with van der Waals surface area (Å²) in [6.45, 7) is 1.55. The minimum absolute atomic E-state index is 0.0275. The molecule has 0 bridgehead atoms. The summed E-state index contributed by atoms with van der Waals surface area (Å²) >= 11 is 0. The number of carboxylic acids is 1. The van der Waals surface area contributed by atoms with Crippen molar-refractivity contribution in [1.82, 2.24) is 0 Å². The van der Waals surface area contributed by atoms with Gasteiger partial charge in [-0.3, -0.25) is 0 Å². The Morgan fingerprint density at radius 3 is 2.19 bits per heavy atom. The highest BCUT2D eigenvalue weighted by Gasteiger charge is 2.18. The molecule has 0 amide bonds. The smallest absolute Gasteiger partial charge is 0.338 e. The molecule has 5 nitrogen and oxygen atoms in total. The predicted molar refractivity (Wildman–Crippen MR) is 56.0 cm³/mol. The highest BCUT2D eigenvalue weighted by molar-refractivity contribution is 5.97. The predicted octanol–water partition coefficient (Wildman–Crippen LogP) is 1.49. The van der Waals surface area contributed by atoms with Gasteiger partial charge >= 0.3 is 11.9 Å². The van der Waals surface area contributed by atoms with Gasteiger partial charge in [0, 0.05) is 0 Å². The van der Waals surface area contributed by atoms with Gasteiger partial charge < -0.3 is 14.6 Å². The van der Waals surface area contributed by atoms with Gasteiger partial charge in [-0.05, 0) is 24.6 Å². The zero-order valence-electron chi connectivity index (χ0n) is 9.23. The van der Waals surface area contributed by atoms with Crippen molar-refractivity contribution in [2.24, 2.45) is 0 Å². The summed E-state index contributed by atoms with van der Waals surface area (Å²) in [5.74, 6) is -1.39. The van der Waals surface area contributed by atoms with E-state index in [1.807, 2.05) is 0 Å². The maximum absolute atomic E-state index is 11.4. The van der Waals surface area contributed by atoms with E-state index in [-0.39, 0.29) is 11.1 Å². The number of carbonyl (C=O) groups is 2. The fourth-order valence-electron chi connectivity index (χ4n) is 1.35. The molecule has 0 saturated carbocycles. The van der Waals surface area contributed by atoms with E-state index in [1.54, 1.807) is 6.92 Å². The van der Waals surface area contributed by atoms with E-state index in [0.29, 0.717) is 11.3 Å². The molecule has 0 saturated heterocycles. The molecule has 0 atom stereocenters. The first-order valence-electron chi connectivity index (χ1n) is 4.51. The van der Waals surface area contributed by atoms with E-state index in [2.05, 4.69) is 4.74 Å². The quantitative estimate of drug-likeness (QED) is 0.787. The highest BCUT2D eigenvalue weighted by atomic mass is 16.5. The molecule has 1 rings (SSSR count). The van der Waals surface area contributed by atoms with Crippen LogP contribution >= 0.6 is 0 Å². The first-order valence-corrected chi connectivity index (χ1v) is 4.51. The number of esters is 1. The minimum Gasteiger partial charge on any atom is -0.497 e. The molecule has 0 aliphatic heterocycles. The van der Waals surface area contributed by atoms with Crippen molar-refractivity contribution in [3.05, 3.63) is 28.8 Å². The van der Waals surface area contributed by atoms with Crippen molar-refractivity contribution >= 4 is 11.9 Å². The van der Waals surface area contributed by atoms with Crippen molar-refractivity contribution in [3.63, 3.8) is 0 Å². The number of carboxylic acid groups (broad SMARTS) is 1. The number of methoxy groups -OCH3 is 2. The lowest BCUT2D eigenvalue weighted by atomic mass is 10.0. The second-order valence-electron chi connectivity index (χ2n) is 3.14. The van der Waals surface area contributed by atoms with Crippen LogP contribution in [0.25, 0.3) is 0 Å². The lowest BCUT2D eigenvalue weighted by Gasteiger charge is -2.09. The van der Waals surface area contributed by atoms with Gasteiger partial charge in [0.15, 0.2) is 0 Å². The zero-order valence-corrected chi connectivity index (χ0v) is 9.23. The van der Waals surface area contributed by atoms with Crippen molar-refractivity contribution in [2.75, 3.05) is 14.2 Å². The van der Waals surface area contributed by atoms with Gasteiger partial charge in [0.1, 0.15) is 5.75 Å². The molecule has 0 fully saturated rings. The number of carbonyl (C=O) groups excluding carboxylic acids is 1. The number of ether oxygens (including phenoxy) is 2. The van der Waals surface area contributed by atoms with Gasteiger partial charge in [-0.1, -0.05) is 0 Å². The van der Waals surface area contributed by atoms with Gasteiger partial charge in [0.2, 0.25) is 0 Å². The van der Waals surface area contributed by atoms with Crippen molar-refractivity contribution in [1.29, 1.82) is 0 Å². The largest absolute Gasteiger partial charge is 0.497 e. The number of rotatable bonds is 3. The van der Waals surface area contributed by atoms with Gasteiger partial charge in [-0.15, -0.1) is 0 Å². The van der Waals surface area contributed by atoms with Crippen LogP contribution in [0.15, 0.2) is 12.1 Å². The molecule has 0 radical (unpaired) electrons. The lowest BCUT2D eigenvalue weighted by Crippen LogP contribution is -2.09. The van der Waals surface area contributed by atoms with Crippen LogP contribution in [0.5, 0.6) is 5.75 Å². The van der Waals surface area contributed by atoms with Crippen LogP contribution in [0.2, 0.25) is 0 Å². The van der Waals surface area contributed by atoms with Crippen LogP contribution in [-0.4, -0.2) is 31.3 Å². The molecule has 16 heavy (non-hydrogen) atoms. The third kappa shape index (κ3) is 2.13. The molecule has 0 aliphatic rings. The zero-order chi connectivity index (χ0) is 12.3. The fourth-order valence-corrected chi connectivity index (χ4v) is 1.35. The Kier molecular flexibility index (Phi) is 3.50. The Balaban J connectivity index is 3.43. The molecular weight excluding hydrogens is 212 g/mol. The summed E-state index contributed by atoms with van der Waals surface area (Å²) in [6.07, 6.45) is 0. The van der Waals surface area contributed by atoms with Crippen LogP contribution in [-0.2, 0) is 4.74 Å². The Hall–Kier alpha value is -2.04. The van der Waals surface area contributed by atoms with E-state index in [1.165, 1.54) is 26.4 Å². The topological polar surface area (TPSA) is 72.8 Å². The number of hydrogen-bond acceptors (Lipinski definition) is 4. The van der Waals surface area contributed by atoms with Crippen LogP contribution in [0.4, 0.5) is 0 Å². The molecule has 0 aliphatic carbocycles. The Morgan fingerprint density at radius 1 is 1.19 bits per heavy atom. The second-order valence-corrected chi connectivity index (χ2v) is 3.14. The van der Waals surface area contributed by atoms with Crippen LogP contribution in [0, 0.1) is 6.92 Å². The Bertz CT molecular complexity index is 436. The molecule has 1 aromatic rings. The SMILES string of the molecule is COC(=O)c1cc(OC)cc(C(=O)O)c1C. The number of hydrogen-bond donors (Lipinski definition) is 1. The molecule has 1 aromatic carbocycles. The average molecular weight is 224 g/mol. The van der Waals surface area contributed by atoms with Gasteiger partial charge in [0.25, 0.3) is 0 Å². The first-order chi connectivity index (χ1) is 7.51. The molecule has 0 aromatic heterocycles. The van der Waals surface area contributed by atoms with Gasteiger partial charge in [0.05, 0.1) is 25.3 Å². The molecule has 5 heteroatoms. The summed E-state index contributed by atoms with van der Waals surface area (Å²) in [6, 6.07) is 2.82. The fraction of sp³-hybridized carbons (Fsp3) is 0.273. The normalized spacial score (nSPS) is 9.69. The molecule has 0 heterocycles. The van der Waals surface area contributed by atoms with Crippen LogP contribution in [0.3, 0.4) is 0 Å². The van der Waals surface area contributed by atoms with Crippen molar-refractivity contribution in [2.45, 2.75) is 6.92 Å². The summed E-state index contributed by atoms with van der Waals surface area (Å²) in [4.78, 5) is 22.4. The maximum Gasteiger partial charge on any atom is 0.338 e. The van der Waals surface area contributed by atoms with E-state index in [9.17, 15) is 9.59 Å².